The lowest BCUT2D eigenvalue weighted by atomic mass is 9.88. The van der Waals surface area contributed by atoms with E-state index in [4.69, 9.17) is 5.26 Å². The van der Waals surface area contributed by atoms with Crippen LogP contribution in [0.4, 0.5) is 16.3 Å². The summed E-state index contributed by atoms with van der Waals surface area (Å²) in [6, 6.07) is 26.5. The molecule has 0 bridgehead atoms. The molecule has 0 atom stereocenters. The number of nitrogens with one attached hydrogen (secondary N) is 1. The van der Waals surface area contributed by atoms with Gasteiger partial charge >= 0.3 is 6.03 Å². The van der Waals surface area contributed by atoms with E-state index in [0.717, 1.165) is 53.8 Å². The molecule has 2 amide bonds. The predicted octanol–water partition coefficient (Wildman–Crippen LogP) is 5.91. The summed E-state index contributed by atoms with van der Waals surface area (Å²) < 4.78 is 3.37. The van der Waals surface area contributed by atoms with E-state index in [1.54, 1.807) is 29.8 Å². The lowest BCUT2D eigenvalue weighted by molar-refractivity contribution is -0.337. The molecule has 8 heteroatoms. The van der Waals surface area contributed by atoms with Crippen LogP contribution >= 0.6 is 0 Å². The first-order chi connectivity index (χ1) is 20.0. The molecule has 2 aromatic carbocycles. The molecule has 41 heavy (non-hydrogen) atoms. The molecule has 204 valence electrons. The first-order valence-electron chi connectivity index (χ1n) is 13.6. The second-order valence-electron chi connectivity index (χ2n) is 10.1. The third-order valence-corrected chi connectivity index (χ3v) is 7.25. The SMILES string of the molecule is Cn1cc(-c2ccc([N+](C(=O)NCc3ccccc3)=C3CCC(/C=N\c4ccc(C#N)cn4)CC3)cc2)ccc1=O. The van der Waals surface area contributed by atoms with Crippen molar-refractivity contribution in [3.63, 3.8) is 0 Å². The summed E-state index contributed by atoms with van der Waals surface area (Å²) in [5.41, 5.74) is 5.25. The minimum Gasteiger partial charge on any atom is -0.318 e. The standard InChI is InChI=1S/C33H30N6O2/c1-38-23-28(12-18-32(38)40)27-10-15-30(16-11-27)39(33(41)37-21-24-5-3-2-4-6-24)29-13-7-25(8-14-29)20-35-31-17-9-26(19-34)22-36-31/h2-6,9-12,15-18,20,22-23,25H,7-8,13-14,21H2,1H3/p+1/b35-20-,39-29?. The summed E-state index contributed by atoms with van der Waals surface area (Å²) >= 11 is 0. The molecule has 5 rings (SSSR count). The Balaban J connectivity index is 1.36. The average molecular weight is 544 g/mol. The van der Waals surface area contributed by atoms with Crippen molar-refractivity contribution in [2.75, 3.05) is 0 Å². The van der Waals surface area contributed by atoms with Gasteiger partial charge in [0.1, 0.15) is 18.3 Å². The van der Waals surface area contributed by atoms with Crippen LogP contribution in [-0.2, 0) is 13.6 Å². The van der Waals surface area contributed by atoms with Crippen molar-refractivity contribution >= 4 is 29.5 Å². The van der Waals surface area contributed by atoms with Gasteiger partial charge in [0.05, 0.1) is 11.3 Å². The third-order valence-electron chi connectivity index (χ3n) is 7.25. The van der Waals surface area contributed by atoms with Crippen LogP contribution in [0.2, 0.25) is 0 Å². The topological polar surface area (TPSA) is 103 Å². The summed E-state index contributed by atoms with van der Waals surface area (Å²) in [6.07, 6.45) is 8.54. The fourth-order valence-electron chi connectivity index (χ4n) is 4.92. The lowest BCUT2D eigenvalue weighted by Gasteiger charge is -2.21. The van der Waals surface area contributed by atoms with Crippen molar-refractivity contribution in [1.29, 1.82) is 5.26 Å². The molecular weight excluding hydrogens is 512 g/mol. The van der Waals surface area contributed by atoms with Gasteiger partial charge in [-0.05, 0) is 65.8 Å². The molecule has 4 aromatic rings. The number of benzene rings is 2. The third kappa shape index (κ3) is 6.89. The van der Waals surface area contributed by atoms with Gasteiger partial charge in [0.2, 0.25) is 5.56 Å². The zero-order chi connectivity index (χ0) is 28.6. The average Bonchev–Trinajstić information content (AvgIpc) is 3.02. The van der Waals surface area contributed by atoms with E-state index in [1.165, 1.54) is 6.20 Å². The van der Waals surface area contributed by atoms with E-state index in [9.17, 15) is 9.59 Å². The lowest BCUT2D eigenvalue weighted by Crippen LogP contribution is -2.35. The number of carbonyl (C=O) groups is 1. The first-order valence-corrected chi connectivity index (χ1v) is 13.6. The maximum atomic E-state index is 13.6. The molecule has 0 aliphatic heterocycles. The van der Waals surface area contributed by atoms with Crippen molar-refractivity contribution in [2.24, 2.45) is 18.0 Å². The monoisotopic (exact) mass is 543 g/mol. The second-order valence-corrected chi connectivity index (χ2v) is 10.1. The van der Waals surface area contributed by atoms with Crippen molar-refractivity contribution < 1.29 is 9.37 Å². The number of nitriles is 1. The molecule has 1 saturated carbocycles. The largest absolute Gasteiger partial charge is 0.496 e. The Morgan fingerprint density at radius 3 is 2.44 bits per heavy atom. The van der Waals surface area contributed by atoms with Crippen LogP contribution in [0.3, 0.4) is 0 Å². The van der Waals surface area contributed by atoms with Crippen LogP contribution in [0.5, 0.6) is 0 Å². The molecule has 1 aliphatic carbocycles. The van der Waals surface area contributed by atoms with Crippen LogP contribution in [0, 0.1) is 17.2 Å². The van der Waals surface area contributed by atoms with E-state index in [-0.39, 0.29) is 17.5 Å². The molecular formula is C33H31N6O2+. The second kappa shape index (κ2) is 12.8. The van der Waals surface area contributed by atoms with Gasteiger partial charge in [0.25, 0.3) is 0 Å². The highest BCUT2D eigenvalue weighted by molar-refractivity contribution is 5.88. The first kappa shape index (κ1) is 27.4. The number of hydrogen-bond acceptors (Lipinski definition) is 5. The highest BCUT2D eigenvalue weighted by atomic mass is 16.2. The molecule has 0 saturated heterocycles. The van der Waals surface area contributed by atoms with Gasteiger partial charge in [-0.1, -0.05) is 42.5 Å². The van der Waals surface area contributed by atoms with Gasteiger partial charge in [-0.25, -0.2) is 15.3 Å². The number of hydrogen-bond donors (Lipinski definition) is 1. The number of pyridine rings is 2. The molecule has 0 unspecified atom stereocenters. The molecule has 1 fully saturated rings. The van der Waals surface area contributed by atoms with E-state index < -0.39 is 0 Å². The van der Waals surface area contributed by atoms with Gasteiger partial charge in [0.15, 0.2) is 5.82 Å². The fourth-order valence-corrected chi connectivity index (χ4v) is 4.92. The molecule has 2 aromatic heterocycles. The number of aromatic nitrogens is 2. The van der Waals surface area contributed by atoms with Crippen molar-refractivity contribution in [3.05, 3.63) is 113 Å². The van der Waals surface area contributed by atoms with E-state index in [0.29, 0.717) is 17.9 Å². The quantitative estimate of drug-likeness (QED) is 0.241. The highest BCUT2D eigenvalue weighted by Gasteiger charge is 2.27. The summed E-state index contributed by atoms with van der Waals surface area (Å²) in [7, 11) is 1.73. The van der Waals surface area contributed by atoms with Crippen LogP contribution in [0.15, 0.2) is 101 Å². The summed E-state index contributed by atoms with van der Waals surface area (Å²) in [4.78, 5) is 34.1. The Bertz CT molecular complexity index is 1670. The molecule has 1 N–H and O–H groups in total. The summed E-state index contributed by atoms with van der Waals surface area (Å²) in [6.45, 7) is 0.437. The minimum absolute atomic E-state index is 0.0585. The number of aryl methyl sites for hydroxylation is 1. The Hall–Kier alpha value is -5.16. The Kier molecular flexibility index (Phi) is 8.55. The van der Waals surface area contributed by atoms with Gasteiger partial charge in [-0.3, -0.25) is 4.79 Å². The number of nitrogens with zero attached hydrogens (tertiary/aromatic N) is 5. The molecule has 1 aliphatic rings. The van der Waals surface area contributed by atoms with Crippen LogP contribution < -0.4 is 10.9 Å². The van der Waals surface area contributed by atoms with Crippen molar-refractivity contribution in [3.8, 4) is 17.2 Å². The number of rotatable bonds is 6. The molecule has 2 heterocycles. The predicted molar refractivity (Wildman–Crippen MR) is 160 cm³/mol. The number of urea groups is 1. The van der Waals surface area contributed by atoms with Gasteiger partial charge < -0.3 is 4.57 Å². The summed E-state index contributed by atoms with van der Waals surface area (Å²) in [5.74, 6) is 0.858. The minimum atomic E-state index is -0.160. The smallest absolute Gasteiger partial charge is 0.318 e. The highest BCUT2D eigenvalue weighted by Crippen LogP contribution is 2.27. The number of aliphatic imine (C=N–C) groups is 1. The Morgan fingerprint density at radius 1 is 1.05 bits per heavy atom. The zero-order valence-corrected chi connectivity index (χ0v) is 22.9. The van der Waals surface area contributed by atoms with Crippen LogP contribution in [0.25, 0.3) is 11.1 Å². The normalized spacial score (nSPS) is 14.9. The van der Waals surface area contributed by atoms with E-state index in [2.05, 4.69) is 21.4 Å². The maximum absolute atomic E-state index is 13.6. The number of amides is 2. The fraction of sp³-hybridized carbons (Fsp3) is 0.212. The van der Waals surface area contributed by atoms with Crippen LogP contribution in [-0.4, -0.2) is 32.1 Å². The molecule has 0 radical (unpaired) electrons. The van der Waals surface area contributed by atoms with E-state index in [1.807, 2.05) is 77.7 Å². The summed E-state index contributed by atoms with van der Waals surface area (Å²) in [5, 5.41) is 12.0. The Morgan fingerprint density at radius 2 is 1.78 bits per heavy atom. The van der Waals surface area contributed by atoms with Gasteiger partial charge in [0, 0.05) is 44.6 Å². The maximum Gasteiger partial charge on any atom is 0.496 e. The molecule has 0 spiro atoms. The zero-order valence-electron chi connectivity index (χ0n) is 22.9. The van der Waals surface area contributed by atoms with Crippen LogP contribution in [0.1, 0.15) is 36.8 Å². The number of carbonyl (C=O) groups excluding carboxylic acids is 1. The van der Waals surface area contributed by atoms with E-state index >= 15 is 0 Å². The van der Waals surface area contributed by atoms with Crippen molar-refractivity contribution in [2.45, 2.75) is 32.2 Å². The van der Waals surface area contributed by atoms with Gasteiger partial charge in [-0.2, -0.15) is 14.6 Å². The molecule has 8 nitrogen and oxygen atoms in total. The Labute approximate surface area is 239 Å². The van der Waals surface area contributed by atoms with Gasteiger partial charge in [-0.15, -0.1) is 0 Å². The van der Waals surface area contributed by atoms with Crippen molar-refractivity contribution in [1.82, 2.24) is 14.9 Å².